The number of amides is 2. The van der Waals surface area contributed by atoms with Crippen LogP contribution < -0.4 is 0 Å². The van der Waals surface area contributed by atoms with E-state index in [1.165, 1.54) is 12.1 Å². The average Bonchev–Trinajstić information content (AvgIpc) is 3.41. The van der Waals surface area contributed by atoms with E-state index in [9.17, 15) is 29.0 Å². The Morgan fingerprint density at radius 1 is 0.969 bits per heavy atom. The molecule has 0 spiro atoms. The topological polar surface area (TPSA) is 129 Å². The number of aromatic nitrogens is 3. The Balaban J connectivity index is 1.43. The van der Waals surface area contributed by atoms with Crippen LogP contribution >= 0.6 is 0 Å². The first-order valence-electron chi connectivity index (χ1n) is 9.63. The fourth-order valence-corrected chi connectivity index (χ4v) is 3.86. The molecule has 2 amide bonds. The van der Waals surface area contributed by atoms with Gasteiger partial charge in [-0.05, 0) is 36.4 Å². The second-order valence-electron chi connectivity index (χ2n) is 7.26. The zero-order chi connectivity index (χ0) is 22.6. The molecule has 0 bridgehead atoms. The molecule has 9 nitrogen and oxygen atoms in total. The third kappa shape index (κ3) is 2.77. The van der Waals surface area contributed by atoms with Crippen molar-refractivity contribution in [1.29, 1.82) is 0 Å². The number of aromatic amines is 1. The maximum atomic E-state index is 13.2. The highest BCUT2D eigenvalue weighted by Crippen LogP contribution is 2.39. The van der Waals surface area contributed by atoms with E-state index < -0.39 is 35.2 Å². The molecule has 2 aromatic heterocycles. The number of nitrogens with one attached hydrogen (secondary N) is 1. The van der Waals surface area contributed by atoms with E-state index >= 15 is 0 Å². The quantitative estimate of drug-likeness (QED) is 0.327. The SMILES string of the molecule is O=C(CCN1C(=O)c2ccccc2C1=O)c1n[nH]c2c(O)n(-c3ccc(F)cc3)c(O)c12. The first-order valence-corrected chi connectivity index (χ1v) is 9.63. The molecular weight excluding hydrogens is 419 g/mol. The third-order valence-corrected chi connectivity index (χ3v) is 5.43. The summed E-state index contributed by atoms with van der Waals surface area (Å²) in [5.41, 5.74) is 0.716. The number of nitrogens with zero attached hydrogens (tertiary/aromatic N) is 3. The summed E-state index contributed by atoms with van der Waals surface area (Å²) in [7, 11) is 0. The number of hydrogen-bond acceptors (Lipinski definition) is 6. The average molecular weight is 434 g/mol. The molecule has 3 N–H and O–H groups in total. The van der Waals surface area contributed by atoms with Crippen molar-refractivity contribution in [3.63, 3.8) is 0 Å². The van der Waals surface area contributed by atoms with Crippen molar-refractivity contribution in [2.75, 3.05) is 6.54 Å². The monoisotopic (exact) mass is 434 g/mol. The van der Waals surface area contributed by atoms with Gasteiger partial charge in [-0.15, -0.1) is 0 Å². The lowest BCUT2D eigenvalue weighted by molar-refractivity contribution is 0.0649. The number of halogens is 1. The summed E-state index contributed by atoms with van der Waals surface area (Å²) in [6.07, 6.45) is -0.229. The minimum absolute atomic E-state index is 0.0146. The fraction of sp³-hybridized carbons (Fsp3) is 0.0909. The molecule has 0 saturated heterocycles. The standard InChI is InChI=1S/C22H15FN4O5/c23-11-5-7-12(8-6-11)27-21(31)16-17(24-25-18(16)22(27)32)15(28)9-10-26-19(29)13-3-1-2-4-14(13)20(26)30/h1-8,25,31-32H,9-10H2. The van der Waals surface area contributed by atoms with Crippen molar-refractivity contribution in [2.24, 2.45) is 0 Å². The van der Waals surface area contributed by atoms with Gasteiger partial charge in [0, 0.05) is 13.0 Å². The molecule has 4 aromatic rings. The normalized spacial score (nSPS) is 13.2. The number of imide groups is 1. The van der Waals surface area contributed by atoms with Crippen LogP contribution in [0.3, 0.4) is 0 Å². The summed E-state index contributed by atoms with van der Waals surface area (Å²) in [4.78, 5) is 38.8. The molecular formula is C22H15FN4O5. The van der Waals surface area contributed by atoms with Crippen molar-refractivity contribution in [3.05, 3.63) is 71.2 Å². The Morgan fingerprint density at radius 3 is 2.22 bits per heavy atom. The molecule has 10 heteroatoms. The zero-order valence-corrected chi connectivity index (χ0v) is 16.4. The number of Topliss-reactive ketones (excluding diaryl/α,β-unsaturated/α-hetero) is 1. The summed E-state index contributed by atoms with van der Waals surface area (Å²) < 4.78 is 14.3. The molecule has 1 aliphatic rings. The molecule has 0 radical (unpaired) electrons. The number of carbonyl (C=O) groups is 3. The van der Waals surface area contributed by atoms with Crippen LogP contribution in [-0.4, -0.2) is 54.0 Å². The molecule has 0 saturated carbocycles. The molecule has 0 atom stereocenters. The molecule has 32 heavy (non-hydrogen) atoms. The second kappa shape index (κ2) is 7.05. The van der Waals surface area contributed by atoms with Crippen LogP contribution in [0.2, 0.25) is 0 Å². The van der Waals surface area contributed by atoms with Gasteiger partial charge in [0.25, 0.3) is 11.8 Å². The number of H-pyrrole nitrogens is 1. The summed E-state index contributed by atoms with van der Waals surface area (Å²) >= 11 is 0. The van der Waals surface area contributed by atoms with Gasteiger partial charge in [-0.3, -0.25) is 24.4 Å². The van der Waals surface area contributed by atoms with Gasteiger partial charge in [-0.1, -0.05) is 12.1 Å². The fourth-order valence-electron chi connectivity index (χ4n) is 3.86. The summed E-state index contributed by atoms with van der Waals surface area (Å²) in [6, 6.07) is 11.4. The van der Waals surface area contributed by atoms with Crippen LogP contribution in [0.25, 0.3) is 16.6 Å². The lowest BCUT2D eigenvalue weighted by atomic mass is 10.1. The number of benzene rings is 2. The maximum absolute atomic E-state index is 13.2. The van der Waals surface area contributed by atoms with Crippen LogP contribution in [0.1, 0.15) is 37.6 Å². The molecule has 0 fully saturated rings. The molecule has 2 aromatic carbocycles. The van der Waals surface area contributed by atoms with Gasteiger partial charge in [0.2, 0.25) is 11.8 Å². The predicted octanol–water partition coefficient (Wildman–Crippen LogP) is 2.77. The lowest BCUT2D eigenvalue weighted by Crippen LogP contribution is -2.32. The Bertz CT molecular complexity index is 1390. The van der Waals surface area contributed by atoms with Gasteiger partial charge in [-0.25, -0.2) is 8.96 Å². The molecule has 0 aliphatic carbocycles. The Kier molecular flexibility index (Phi) is 4.29. The van der Waals surface area contributed by atoms with Gasteiger partial charge < -0.3 is 10.2 Å². The van der Waals surface area contributed by atoms with Crippen molar-refractivity contribution >= 4 is 28.5 Å². The van der Waals surface area contributed by atoms with Gasteiger partial charge in [0.15, 0.2) is 5.78 Å². The van der Waals surface area contributed by atoms with E-state index in [2.05, 4.69) is 10.2 Å². The van der Waals surface area contributed by atoms with Gasteiger partial charge in [-0.2, -0.15) is 5.10 Å². The largest absolute Gasteiger partial charge is 0.494 e. The number of ketones is 1. The highest BCUT2D eigenvalue weighted by Gasteiger charge is 2.35. The number of fused-ring (bicyclic) bond motifs is 2. The first kappa shape index (κ1) is 19.5. The molecule has 1 aliphatic heterocycles. The number of rotatable bonds is 5. The highest BCUT2D eigenvalue weighted by atomic mass is 19.1. The van der Waals surface area contributed by atoms with Crippen LogP contribution in [0.5, 0.6) is 11.8 Å². The van der Waals surface area contributed by atoms with Crippen molar-refractivity contribution in [3.8, 4) is 17.4 Å². The van der Waals surface area contributed by atoms with Crippen LogP contribution in [0.4, 0.5) is 4.39 Å². The maximum Gasteiger partial charge on any atom is 0.261 e. The smallest absolute Gasteiger partial charge is 0.261 e. The van der Waals surface area contributed by atoms with Gasteiger partial charge >= 0.3 is 0 Å². The molecule has 5 rings (SSSR count). The Morgan fingerprint density at radius 2 is 1.59 bits per heavy atom. The summed E-state index contributed by atoms with van der Waals surface area (Å²) in [5, 5.41) is 27.6. The van der Waals surface area contributed by atoms with E-state index in [4.69, 9.17) is 0 Å². The predicted molar refractivity (Wildman–Crippen MR) is 109 cm³/mol. The zero-order valence-electron chi connectivity index (χ0n) is 16.4. The second-order valence-corrected chi connectivity index (χ2v) is 7.26. The van der Waals surface area contributed by atoms with E-state index in [0.717, 1.165) is 21.6 Å². The number of hydrogen-bond donors (Lipinski definition) is 3. The molecule has 3 heterocycles. The molecule has 0 unspecified atom stereocenters. The summed E-state index contributed by atoms with van der Waals surface area (Å²) in [6.45, 7) is -0.162. The van der Waals surface area contributed by atoms with Crippen LogP contribution in [0, 0.1) is 5.82 Å². The van der Waals surface area contributed by atoms with Crippen LogP contribution in [-0.2, 0) is 0 Å². The minimum Gasteiger partial charge on any atom is -0.494 e. The van der Waals surface area contributed by atoms with E-state index in [-0.39, 0.29) is 46.4 Å². The van der Waals surface area contributed by atoms with E-state index in [0.29, 0.717) is 0 Å². The molecule has 160 valence electrons. The van der Waals surface area contributed by atoms with Crippen molar-refractivity contribution in [1.82, 2.24) is 19.7 Å². The van der Waals surface area contributed by atoms with Gasteiger partial charge in [0.1, 0.15) is 17.0 Å². The lowest BCUT2D eigenvalue weighted by Gasteiger charge is -2.12. The van der Waals surface area contributed by atoms with Crippen molar-refractivity contribution in [2.45, 2.75) is 6.42 Å². The first-order chi connectivity index (χ1) is 15.4. The Labute approximate surface area is 179 Å². The van der Waals surface area contributed by atoms with E-state index in [1.54, 1.807) is 24.3 Å². The minimum atomic E-state index is -0.542. The Hall–Kier alpha value is -4.47. The highest BCUT2D eigenvalue weighted by molar-refractivity contribution is 6.21. The van der Waals surface area contributed by atoms with Crippen LogP contribution in [0.15, 0.2) is 48.5 Å². The number of aromatic hydroxyl groups is 2. The van der Waals surface area contributed by atoms with E-state index in [1.807, 2.05) is 0 Å². The summed E-state index contributed by atoms with van der Waals surface area (Å²) in [5.74, 6) is -2.85. The number of carbonyl (C=O) groups excluding carboxylic acids is 3. The van der Waals surface area contributed by atoms with Crippen molar-refractivity contribution < 1.29 is 29.0 Å². The van der Waals surface area contributed by atoms with Gasteiger partial charge in [0.05, 0.1) is 22.2 Å². The third-order valence-electron chi connectivity index (χ3n) is 5.43.